The number of hydrogen-bond donors (Lipinski definition) is 2. The summed E-state index contributed by atoms with van der Waals surface area (Å²) >= 11 is 0. The van der Waals surface area contributed by atoms with Crippen molar-refractivity contribution in [2.24, 2.45) is 0 Å². The predicted molar refractivity (Wildman–Crippen MR) is 140 cm³/mol. The van der Waals surface area contributed by atoms with Gasteiger partial charge in [0, 0.05) is 52.5 Å². The molecule has 0 amide bonds. The van der Waals surface area contributed by atoms with Crippen LogP contribution in [0.3, 0.4) is 0 Å². The number of unbranched alkanes of at least 4 members (excludes halogenated alkanes) is 2. The van der Waals surface area contributed by atoms with E-state index in [9.17, 15) is 5.53 Å². The Morgan fingerprint density at radius 2 is 1.35 bits per heavy atom. The van der Waals surface area contributed by atoms with Gasteiger partial charge in [-0.05, 0) is 76.3 Å². The van der Waals surface area contributed by atoms with Gasteiger partial charge in [0.05, 0.1) is 0 Å². The maximum atomic E-state index is 11.1. The zero-order valence-corrected chi connectivity index (χ0v) is 22.4. The fourth-order valence-corrected chi connectivity index (χ4v) is 3.60. The molecule has 0 fully saturated rings. The minimum Gasteiger partial charge on any atom is -0.493 e. The molecular formula is C29H42N2NiO2. The molecule has 0 unspecified atom stereocenters. The van der Waals surface area contributed by atoms with Crippen LogP contribution in [0.25, 0.3) is 16.9 Å². The van der Waals surface area contributed by atoms with E-state index in [1.54, 1.807) is 13.8 Å². The topological polar surface area (TPSA) is 65.8 Å². The number of hydrogen-bond acceptors (Lipinski definition) is 2. The summed E-state index contributed by atoms with van der Waals surface area (Å²) < 4.78 is 1.40. The van der Waals surface area contributed by atoms with Gasteiger partial charge in [0.1, 0.15) is 0 Å². The number of nitrogens with zero attached hydrogens (tertiary/aromatic N) is 2. The van der Waals surface area contributed by atoms with Crippen LogP contribution in [-0.2, 0) is 22.9 Å². The van der Waals surface area contributed by atoms with Crippen LogP contribution in [-0.4, -0.2) is 28.1 Å². The molecular weight excluding hydrogens is 467 g/mol. The molecule has 0 spiro atoms. The maximum Gasteiger partial charge on any atom is 0.210 e. The van der Waals surface area contributed by atoms with E-state index in [0.717, 1.165) is 48.2 Å². The van der Waals surface area contributed by atoms with E-state index < -0.39 is 0 Å². The zero-order chi connectivity index (χ0) is 24.6. The Morgan fingerprint density at radius 3 is 1.91 bits per heavy atom. The Balaban J connectivity index is 0.00000141. The Morgan fingerprint density at radius 1 is 0.794 bits per heavy atom. The molecule has 0 aromatic heterocycles. The maximum absolute atomic E-state index is 11.1. The third kappa shape index (κ3) is 10.1. The molecule has 0 bridgehead atoms. The van der Waals surface area contributed by atoms with Gasteiger partial charge in [0.15, 0.2) is 0 Å². The number of benzene rings is 2. The van der Waals surface area contributed by atoms with Crippen molar-refractivity contribution in [3.63, 3.8) is 0 Å². The summed E-state index contributed by atoms with van der Waals surface area (Å²) in [6, 6.07) is 17.0. The molecule has 0 saturated heterocycles. The van der Waals surface area contributed by atoms with Crippen molar-refractivity contribution in [2.75, 3.05) is 13.2 Å². The number of aliphatic hydroxyl groups is 2. The summed E-state index contributed by atoms with van der Waals surface area (Å²) in [4.78, 5) is 0. The first kappa shape index (κ1) is 31.9. The third-order valence-corrected chi connectivity index (χ3v) is 5.22. The molecule has 4 nitrogen and oxygen atoms in total. The minimum atomic E-state index is 0. The first-order chi connectivity index (χ1) is 16.0. The quantitative estimate of drug-likeness (QED) is 0.289. The Kier molecular flexibility index (Phi) is 17.2. The molecule has 1 aliphatic heterocycles. The third-order valence-electron chi connectivity index (χ3n) is 5.22. The van der Waals surface area contributed by atoms with Crippen LogP contribution in [0.15, 0.2) is 60.2 Å². The molecule has 0 saturated carbocycles. The van der Waals surface area contributed by atoms with Crippen molar-refractivity contribution in [1.29, 1.82) is 0 Å². The van der Waals surface area contributed by atoms with Gasteiger partial charge in [-0.1, -0.05) is 56.5 Å². The smallest absolute Gasteiger partial charge is 0.210 e. The van der Waals surface area contributed by atoms with E-state index in [-0.39, 0.29) is 29.7 Å². The second-order valence-electron chi connectivity index (χ2n) is 8.12. The van der Waals surface area contributed by atoms with E-state index in [1.165, 1.54) is 34.2 Å². The summed E-state index contributed by atoms with van der Waals surface area (Å²) in [6.07, 6.45) is 8.89. The minimum absolute atomic E-state index is 0. The summed E-state index contributed by atoms with van der Waals surface area (Å²) in [5.41, 5.74) is 18.8. The number of rotatable bonds is 8. The van der Waals surface area contributed by atoms with Crippen LogP contribution in [0, 0.1) is 6.92 Å². The van der Waals surface area contributed by atoms with Crippen molar-refractivity contribution < 1.29 is 31.4 Å². The van der Waals surface area contributed by atoms with Crippen molar-refractivity contribution in [3.8, 4) is 0 Å². The van der Waals surface area contributed by atoms with Crippen molar-refractivity contribution in [3.05, 3.63) is 88.0 Å². The van der Waals surface area contributed by atoms with E-state index in [1.807, 2.05) is 0 Å². The normalized spacial score (nSPS) is 12.2. The Hall–Kier alpha value is -2.07. The fraction of sp³-hybridized carbons (Fsp3) is 0.448. The van der Waals surface area contributed by atoms with Gasteiger partial charge < -0.3 is 15.7 Å². The predicted octanol–water partition coefficient (Wildman–Crippen LogP) is 7.32. The van der Waals surface area contributed by atoms with E-state index in [2.05, 4.69) is 75.4 Å². The largest absolute Gasteiger partial charge is 0.493 e. The first-order valence-corrected chi connectivity index (χ1v) is 12.3. The van der Waals surface area contributed by atoms with Crippen LogP contribution >= 0.6 is 0 Å². The number of aliphatic hydroxyl groups excluding tert-OH is 2. The Bertz CT molecular complexity index is 916. The molecule has 5 heteroatoms. The molecule has 0 atom stereocenters. The van der Waals surface area contributed by atoms with Gasteiger partial charge in [0.2, 0.25) is 11.4 Å². The van der Waals surface area contributed by atoms with Gasteiger partial charge in [-0.2, -0.15) is 0 Å². The average molecular weight is 509 g/mol. The second kappa shape index (κ2) is 18.3. The first-order valence-electron chi connectivity index (χ1n) is 12.3. The molecule has 1 heterocycles. The number of aryl methyl sites for hydroxylation is 2. The van der Waals surface area contributed by atoms with Gasteiger partial charge in [-0.15, -0.1) is 0 Å². The van der Waals surface area contributed by atoms with Gasteiger partial charge in [-0.3, -0.25) is 0 Å². The zero-order valence-electron chi connectivity index (χ0n) is 21.5. The molecule has 3 rings (SSSR count). The van der Waals surface area contributed by atoms with E-state index >= 15 is 0 Å². The summed E-state index contributed by atoms with van der Waals surface area (Å²) in [5.74, 6) is 0. The molecule has 34 heavy (non-hydrogen) atoms. The molecule has 2 aromatic carbocycles. The molecule has 190 valence electrons. The van der Waals surface area contributed by atoms with Crippen LogP contribution in [0.2, 0.25) is 0 Å². The second-order valence-corrected chi connectivity index (χ2v) is 8.12. The molecule has 2 N–H and O–H groups in total. The summed E-state index contributed by atoms with van der Waals surface area (Å²) in [7, 11) is 0. The van der Waals surface area contributed by atoms with Crippen molar-refractivity contribution in [1.82, 2.24) is 0 Å². The van der Waals surface area contributed by atoms with Gasteiger partial charge >= 0.3 is 0 Å². The van der Waals surface area contributed by atoms with Gasteiger partial charge in [0.25, 0.3) is 0 Å². The van der Waals surface area contributed by atoms with E-state index in [4.69, 9.17) is 10.2 Å². The molecule has 2 aromatic rings. The molecule has 1 aliphatic rings. The Labute approximate surface area is 216 Å². The fourth-order valence-electron chi connectivity index (χ4n) is 3.60. The van der Waals surface area contributed by atoms with Gasteiger partial charge in [-0.25, -0.2) is 4.70 Å². The standard InChI is InChI=1S/C25H30N2.2C2H6O.Ni/c1-4-6-9-20-10-8-12-22(17-20)25-23(11-7-5-2)18-24(27(25)26)21-15-13-19(3)14-16-21;2*1-2-3;/h8,10,12-18H,4-7,9,11H2,1-3H3;2*3H,2H2,1H3;. The van der Waals surface area contributed by atoms with Crippen LogP contribution in [0.1, 0.15) is 82.1 Å². The average Bonchev–Trinajstić information content (AvgIpc) is 3.14. The van der Waals surface area contributed by atoms with Crippen LogP contribution in [0.5, 0.6) is 0 Å². The monoisotopic (exact) mass is 508 g/mol. The van der Waals surface area contributed by atoms with Crippen molar-refractivity contribution >= 4 is 11.4 Å². The van der Waals surface area contributed by atoms with Crippen molar-refractivity contribution in [2.45, 2.75) is 73.1 Å². The van der Waals surface area contributed by atoms with Crippen LogP contribution in [0.4, 0.5) is 0 Å². The summed E-state index contributed by atoms with van der Waals surface area (Å²) in [5, 5.41) is 15.1. The molecule has 0 radical (unpaired) electrons. The van der Waals surface area contributed by atoms with E-state index in [0.29, 0.717) is 0 Å². The SMILES string of the molecule is CCCCC1=C(c2cccc(CCCC)c2)[N+](=[N-])C(c2ccc(C)cc2)=C1.CCO.CCO.[Ni]. The molecule has 0 aliphatic carbocycles. The number of allylic oxidation sites excluding steroid dienone is 2. The summed E-state index contributed by atoms with van der Waals surface area (Å²) in [6.45, 7) is 10.4. The van der Waals surface area contributed by atoms with Crippen LogP contribution < -0.4 is 0 Å².